The smallest absolute Gasteiger partial charge is 0.308 e. The van der Waals surface area contributed by atoms with Crippen molar-refractivity contribution in [3.8, 4) is 0 Å². The summed E-state index contributed by atoms with van der Waals surface area (Å²) in [5.74, 6) is -1.35. The molecule has 1 N–H and O–H groups in total. The van der Waals surface area contributed by atoms with Crippen LogP contribution in [0.4, 0.5) is 0 Å². The van der Waals surface area contributed by atoms with E-state index in [2.05, 4.69) is 0 Å². The summed E-state index contributed by atoms with van der Waals surface area (Å²) in [4.78, 5) is 25.4. The highest BCUT2D eigenvalue weighted by Gasteiger charge is 2.36. The van der Waals surface area contributed by atoms with Gasteiger partial charge in [0.2, 0.25) is 0 Å². The van der Waals surface area contributed by atoms with Crippen LogP contribution in [-0.4, -0.2) is 39.0 Å². The van der Waals surface area contributed by atoms with Crippen molar-refractivity contribution < 1.29 is 14.7 Å². The molecule has 1 aliphatic rings. The van der Waals surface area contributed by atoms with Crippen molar-refractivity contribution in [3.05, 3.63) is 23.5 Å². The molecule has 2 heterocycles. The Hall–Kier alpha value is -1.78. The Balaban J connectivity index is 2.23. The highest BCUT2D eigenvalue weighted by atomic mass is 16.4. The lowest BCUT2D eigenvalue weighted by Gasteiger charge is -2.37. The third-order valence-electron chi connectivity index (χ3n) is 4.16. The Morgan fingerprint density at radius 2 is 2.05 bits per heavy atom. The number of rotatable bonds is 2. The monoisotopic (exact) mass is 264 g/mol. The van der Waals surface area contributed by atoms with Gasteiger partial charge in [0.15, 0.2) is 0 Å². The lowest BCUT2D eigenvalue weighted by molar-refractivity contribution is -0.144. The van der Waals surface area contributed by atoms with E-state index in [1.54, 1.807) is 11.0 Å². The van der Waals surface area contributed by atoms with E-state index in [0.717, 1.165) is 12.1 Å². The predicted octanol–water partition coefficient (Wildman–Crippen LogP) is 1.66. The molecular weight excluding hydrogens is 244 g/mol. The van der Waals surface area contributed by atoms with Crippen LogP contribution >= 0.6 is 0 Å². The van der Waals surface area contributed by atoms with Crippen LogP contribution < -0.4 is 0 Å². The summed E-state index contributed by atoms with van der Waals surface area (Å²) in [6.07, 6.45) is 1.39. The van der Waals surface area contributed by atoms with Gasteiger partial charge in [-0.2, -0.15) is 0 Å². The fraction of sp³-hybridized carbons (Fsp3) is 0.571. The van der Waals surface area contributed by atoms with Gasteiger partial charge >= 0.3 is 5.97 Å². The maximum absolute atomic E-state index is 12.5. The van der Waals surface area contributed by atoms with Crippen LogP contribution in [0.3, 0.4) is 0 Å². The van der Waals surface area contributed by atoms with Gasteiger partial charge in [0.25, 0.3) is 5.91 Å². The number of carboxylic acid groups (broad SMARTS) is 1. The summed E-state index contributed by atoms with van der Waals surface area (Å²) in [5.41, 5.74) is 1.64. The van der Waals surface area contributed by atoms with Crippen LogP contribution in [0.15, 0.2) is 12.1 Å². The van der Waals surface area contributed by atoms with Crippen molar-refractivity contribution in [3.63, 3.8) is 0 Å². The Labute approximate surface area is 112 Å². The third kappa shape index (κ3) is 2.37. The molecule has 0 spiro atoms. The van der Waals surface area contributed by atoms with E-state index in [1.165, 1.54) is 0 Å². The minimum Gasteiger partial charge on any atom is -0.481 e. The predicted molar refractivity (Wildman–Crippen MR) is 71.0 cm³/mol. The Morgan fingerprint density at radius 3 is 2.58 bits per heavy atom. The van der Waals surface area contributed by atoms with Gasteiger partial charge in [-0.05, 0) is 38.8 Å². The lowest BCUT2D eigenvalue weighted by atomic mass is 9.90. The van der Waals surface area contributed by atoms with E-state index in [9.17, 15) is 14.7 Å². The molecular formula is C14H20N2O3. The molecule has 1 amide bonds. The van der Waals surface area contributed by atoms with E-state index in [4.69, 9.17) is 0 Å². The largest absolute Gasteiger partial charge is 0.481 e. The maximum atomic E-state index is 12.5. The number of hydrogen-bond donors (Lipinski definition) is 1. The molecule has 2 rings (SSSR count). The molecule has 1 aromatic rings. The highest BCUT2D eigenvalue weighted by molar-refractivity contribution is 5.93. The standard InChI is InChI=1S/C14H20N2O3/c1-9-6-7-12(15(9)3)13(17)16-8-4-5-11(10(16)2)14(18)19/h6-7,10-11H,4-5,8H2,1-3H3,(H,18,19)/t10-,11-/m1/s1. The van der Waals surface area contributed by atoms with Gasteiger partial charge in [-0.3, -0.25) is 9.59 Å². The van der Waals surface area contributed by atoms with Crippen LogP contribution in [0.1, 0.15) is 35.9 Å². The van der Waals surface area contributed by atoms with E-state index in [0.29, 0.717) is 18.7 Å². The molecule has 104 valence electrons. The zero-order valence-electron chi connectivity index (χ0n) is 11.6. The van der Waals surface area contributed by atoms with Crippen molar-refractivity contribution in [2.24, 2.45) is 13.0 Å². The molecule has 2 atom stereocenters. The summed E-state index contributed by atoms with van der Waals surface area (Å²) in [6.45, 7) is 4.40. The summed E-state index contributed by atoms with van der Waals surface area (Å²) in [6, 6.07) is 3.44. The van der Waals surface area contributed by atoms with E-state index >= 15 is 0 Å². The fourth-order valence-electron chi connectivity index (χ4n) is 2.73. The van der Waals surface area contributed by atoms with E-state index in [-0.39, 0.29) is 11.9 Å². The van der Waals surface area contributed by atoms with Gasteiger partial charge in [-0.1, -0.05) is 0 Å². The van der Waals surface area contributed by atoms with Crippen LogP contribution in [0, 0.1) is 12.8 Å². The molecule has 0 unspecified atom stereocenters. The molecule has 1 saturated heterocycles. The summed E-state index contributed by atoms with van der Waals surface area (Å²) in [5, 5.41) is 9.19. The topological polar surface area (TPSA) is 62.5 Å². The summed E-state index contributed by atoms with van der Waals surface area (Å²) in [7, 11) is 1.85. The number of carbonyl (C=O) groups is 2. The van der Waals surface area contributed by atoms with Crippen molar-refractivity contribution in [1.29, 1.82) is 0 Å². The van der Waals surface area contributed by atoms with Crippen LogP contribution in [0.2, 0.25) is 0 Å². The quantitative estimate of drug-likeness (QED) is 0.883. The molecule has 0 radical (unpaired) electrons. The first kappa shape index (κ1) is 13.6. The van der Waals surface area contributed by atoms with Crippen molar-refractivity contribution in [2.75, 3.05) is 6.54 Å². The second-order valence-electron chi connectivity index (χ2n) is 5.25. The number of carbonyl (C=O) groups excluding carboxylic acids is 1. The average molecular weight is 264 g/mol. The highest BCUT2D eigenvalue weighted by Crippen LogP contribution is 2.25. The van der Waals surface area contributed by atoms with E-state index < -0.39 is 11.9 Å². The number of aliphatic carboxylic acids is 1. The first-order valence-electron chi connectivity index (χ1n) is 6.59. The molecule has 0 aromatic carbocycles. The number of piperidine rings is 1. The first-order valence-corrected chi connectivity index (χ1v) is 6.59. The molecule has 0 bridgehead atoms. The maximum Gasteiger partial charge on any atom is 0.308 e. The number of aromatic nitrogens is 1. The van der Waals surface area contributed by atoms with E-state index in [1.807, 2.05) is 31.5 Å². The second-order valence-corrected chi connectivity index (χ2v) is 5.25. The molecule has 19 heavy (non-hydrogen) atoms. The number of carboxylic acids is 1. The first-order chi connectivity index (χ1) is 8.93. The van der Waals surface area contributed by atoms with Gasteiger partial charge in [0, 0.05) is 25.3 Å². The van der Waals surface area contributed by atoms with Gasteiger partial charge in [0.05, 0.1) is 5.92 Å². The molecule has 1 aromatic heterocycles. The lowest BCUT2D eigenvalue weighted by Crippen LogP contribution is -2.49. The number of nitrogens with zero attached hydrogens (tertiary/aromatic N) is 2. The van der Waals surface area contributed by atoms with Gasteiger partial charge in [-0.15, -0.1) is 0 Å². The SMILES string of the molecule is Cc1ccc(C(=O)N2CCC[C@@H](C(=O)O)[C@H]2C)n1C. The molecule has 1 fully saturated rings. The normalized spacial score (nSPS) is 23.4. The molecule has 0 aliphatic carbocycles. The van der Waals surface area contributed by atoms with Crippen LogP contribution in [0.25, 0.3) is 0 Å². The van der Waals surface area contributed by atoms with Gasteiger partial charge in [0.1, 0.15) is 5.69 Å². The van der Waals surface area contributed by atoms with Crippen molar-refractivity contribution in [1.82, 2.24) is 9.47 Å². The Kier molecular flexibility index (Phi) is 3.64. The van der Waals surface area contributed by atoms with Gasteiger partial charge in [-0.25, -0.2) is 0 Å². The fourth-order valence-corrected chi connectivity index (χ4v) is 2.73. The number of likely N-dealkylation sites (tertiary alicyclic amines) is 1. The van der Waals surface area contributed by atoms with Crippen LogP contribution in [0.5, 0.6) is 0 Å². The number of amides is 1. The summed E-state index contributed by atoms with van der Waals surface area (Å²) >= 11 is 0. The number of hydrogen-bond acceptors (Lipinski definition) is 2. The average Bonchev–Trinajstić information content (AvgIpc) is 2.69. The number of aryl methyl sites for hydroxylation is 1. The Bertz CT molecular complexity index is 507. The van der Waals surface area contributed by atoms with Crippen LogP contribution in [-0.2, 0) is 11.8 Å². The minimum atomic E-state index is -0.812. The zero-order chi connectivity index (χ0) is 14.2. The zero-order valence-corrected chi connectivity index (χ0v) is 11.6. The minimum absolute atomic E-state index is 0.0750. The molecule has 5 heteroatoms. The van der Waals surface area contributed by atoms with Gasteiger partial charge < -0.3 is 14.6 Å². The summed E-state index contributed by atoms with van der Waals surface area (Å²) < 4.78 is 1.85. The molecule has 1 aliphatic heterocycles. The molecule has 5 nitrogen and oxygen atoms in total. The van der Waals surface area contributed by atoms with Crippen molar-refractivity contribution in [2.45, 2.75) is 32.7 Å². The molecule has 0 saturated carbocycles. The second kappa shape index (κ2) is 5.07. The Morgan fingerprint density at radius 1 is 1.37 bits per heavy atom. The third-order valence-corrected chi connectivity index (χ3v) is 4.16. The van der Waals surface area contributed by atoms with Crippen molar-refractivity contribution >= 4 is 11.9 Å².